The molecule has 0 unspecified atom stereocenters. The number of nitrogens with zero attached hydrogens (tertiary/aromatic N) is 5. The van der Waals surface area contributed by atoms with E-state index in [9.17, 15) is 18.4 Å². The van der Waals surface area contributed by atoms with Gasteiger partial charge in [-0.25, -0.2) is 9.97 Å². The molecule has 5 rings (SSSR count). The first kappa shape index (κ1) is 27.6. The first-order valence-corrected chi connectivity index (χ1v) is 17.3. The minimum atomic E-state index is -4.63. The number of rotatable bonds is 9. The zero-order valence-corrected chi connectivity index (χ0v) is 23.7. The van der Waals surface area contributed by atoms with Gasteiger partial charge in [-0.3, -0.25) is 4.90 Å². The highest BCUT2D eigenvalue weighted by Crippen LogP contribution is 2.40. The fourth-order valence-corrected chi connectivity index (χ4v) is 6.15. The highest BCUT2D eigenvalue weighted by molar-refractivity contribution is 6.76. The van der Waals surface area contributed by atoms with Gasteiger partial charge in [0.05, 0.1) is 22.8 Å². The van der Waals surface area contributed by atoms with Gasteiger partial charge in [0.2, 0.25) is 5.95 Å². The maximum atomic E-state index is 14.2. The summed E-state index contributed by atoms with van der Waals surface area (Å²) in [5.74, 6) is 0.202. The van der Waals surface area contributed by atoms with Crippen molar-refractivity contribution >= 4 is 24.9 Å². The third-order valence-corrected chi connectivity index (χ3v) is 9.45. The molecule has 0 spiro atoms. The van der Waals surface area contributed by atoms with Gasteiger partial charge in [-0.15, -0.1) is 0 Å². The number of halogens is 3. The van der Waals surface area contributed by atoms with Crippen molar-refractivity contribution in [2.24, 2.45) is 0 Å². The van der Waals surface area contributed by atoms with Crippen molar-refractivity contribution in [2.45, 2.75) is 76.4 Å². The summed E-state index contributed by atoms with van der Waals surface area (Å²) in [6, 6.07) is 8.56. The fourth-order valence-electron chi connectivity index (χ4n) is 5.39. The minimum Gasteiger partial charge on any atom is -0.361 e. The van der Waals surface area contributed by atoms with E-state index in [4.69, 9.17) is 4.74 Å². The molecule has 2 fully saturated rings. The summed E-state index contributed by atoms with van der Waals surface area (Å²) in [7, 11) is -1.30. The van der Waals surface area contributed by atoms with Gasteiger partial charge in [-0.05, 0) is 56.9 Å². The van der Waals surface area contributed by atoms with Crippen LogP contribution in [0.3, 0.4) is 0 Å². The Kier molecular flexibility index (Phi) is 7.72. The van der Waals surface area contributed by atoms with Crippen LogP contribution in [0.2, 0.25) is 25.7 Å². The van der Waals surface area contributed by atoms with Crippen LogP contribution >= 0.6 is 0 Å². The Labute approximate surface area is 228 Å². The summed E-state index contributed by atoms with van der Waals surface area (Å²) in [6.07, 6.45) is 2.28. The molecule has 1 aliphatic carbocycles. The number of aromatic nitrogens is 3. The molecule has 7 nitrogen and oxygen atoms in total. The van der Waals surface area contributed by atoms with E-state index in [1.54, 1.807) is 29.0 Å². The number of alkyl halides is 3. The van der Waals surface area contributed by atoms with Gasteiger partial charge in [0.15, 0.2) is 0 Å². The number of anilines is 1. The second kappa shape index (κ2) is 10.9. The van der Waals surface area contributed by atoms with Crippen molar-refractivity contribution in [3.05, 3.63) is 41.7 Å². The molecule has 39 heavy (non-hydrogen) atoms. The van der Waals surface area contributed by atoms with E-state index < -0.39 is 19.8 Å². The first-order valence-electron chi connectivity index (χ1n) is 13.6. The second-order valence-electron chi connectivity index (χ2n) is 11.8. The first-order chi connectivity index (χ1) is 18.5. The van der Waals surface area contributed by atoms with Crippen LogP contribution in [-0.2, 0) is 17.6 Å². The van der Waals surface area contributed by atoms with Gasteiger partial charge in [0, 0.05) is 50.1 Å². The number of hydrogen-bond acceptors (Lipinski definition) is 6. The Hall–Kier alpha value is -2.94. The molecular formula is C28H35F3N6OSi. The summed E-state index contributed by atoms with van der Waals surface area (Å²) in [4.78, 5) is 11.0. The lowest BCUT2D eigenvalue weighted by atomic mass is 9.85. The van der Waals surface area contributed by atoms with E-state index in [-0.39, 0.29) is 24.4 Å². The van der Waals surface area contributed by atoms with E-state index >= 15 is 0 Å². The highest BCUT2D eigenvalue weighted by atomic mass is 28.3. The predicted octanol–water partition coefficient (Wildman–Crippen LogP) is 6.34. The Morgan fingerprint density at radius 1 is 1.18 bits per heavy atom. The number of hydrogen-bond donors (Lipinski definition) is 1. The molecule has 0 radical (unpaired) electrons. The van der Waals surface area contributed by atoms with Gasteiger partial charge in [0.25, 0.3) is 0 Å². The van der Waals surface area contributed by atoms with Crippen molar-refractivity contribution in [3.63, 3.8) is 0 Å². The van der Waals surface area contributed by atoms with Crippen LogP contribution in [0.4, 0.5) is 19.1 Å². The van der Waals surface area contributed by atoms with Crippen molar-refractivity contribution < 1.29 is 17.9 Å². The van der Waals surface area contributed by atoms with Gasteiger partial charge in [0.1, 0.15) is 12.3 Å². The molecule has 2 atom stereocenters. The molecule has 208 valence electrons. The lowest BCUT2D eigenvalue weighted by Crippen LogP contribution is -2.53. The van der Waals surface area contributed by atoms with E-state index in [1.807, 2.05) is 0 Å². The van der Waals surface area contributed by atoms with Crippen molar-refractivity contribution in [1.29, 1.82) is 5.26 Å². The average Bonchev–Trinajstić information content (AvgIpc) is 3.51. The molecule has 3 aromatic rings. The Morgan fingerprint density at radius 3 is 2.59 bits per heavy atom. The SMILES string of the molecule is C[Si](C)(C)CCOCn1cc(-c2nc(N[C@@H]3CC[C@H]3N3CCCC3)ncc2C(F)(F)F)c2ccc(C#N)cc21. The number of ether oxygens (including phenoxy) is 1. The summed E-state index contributed by atoms with van der Waals surface area (Å²) < 4.78 is 50.2. The number of fused-ring (bicyclic) bond motifs is 1. The van der Waals surface area contributed by atoms with E-state index in [0.717, 1.165) is 38.2 Å². The molecule has 3 heterocycles. The van der Waals surface area contributed by atoms with Crippen LogP contribution in [0.5, 0.6) is 0 Å². The molecule has 1 saturated heterocycles. The normalized spacial score (nSPS) is 20.2. The van der Waals surface area contributed by atoms with Crippen molar-refractivity contribution in [2.75, 3.05) is 25.0 Å². The minimum absolute atomic E-state index is 0.118. The molecule has 11 heteroatoms. The van der Waals surface area contributed by atoms with E-state index in [0.29, 0.717) is 34.7 Å². The Balaban J connectivity index is 1.50. The molecule has 1 aromatic carbocycles. The maximum absolute atomic E-state index is 14.2. The molecule has 0 amide bonds. The molecule has 1 N–H and O–H groups in total. The zero-order chi connectivity index (χ0) is 27.8. The van der Waals surface area contributed by atoms with Crippen LogP contribution < -0.4 is 5.32 Å². The van der Waals surface area contributed by atoms with Crippen LogP contribution in [0.1, 0.15) is 36.8 Å². The van der Waals surface area contributed by atoms with Crippen LogP contribution in [0.15, 0.2) is 30.6 Å². The standard InChI is InChI=1S/C28H35F3N6OSi/c1-39(2,3)13-12-38-18-37-17-21(20-7-6-19(15-32)14-25(20)37)26-22(28(29,30)31)16-33-27(35-26)34-23-8-9-24(23)36-10-4-5-11-36/h6-7,14,16-17,23-24H,4-5,8-13,18H2,1-3H3,(H,33,34,35)/t23-,24-/m1/s1. The zero-order valence-electron chi connectivity index (χ0n) is 22.7. The summed E-state index contributed by atoms with van der Waals surface area (Å²) in [5, 5.41) is 13.3. The second-order valence-corrected chi connectivity index (χ2v) is 17.4. The number of likely N-dealkylation sites (tertiary alicyclic amines) is 1. The quantitative estimate of drug-likeness (QED) is 0.245. The lowest BCUT2D eigenvalue weighted by molar-refractivity contribution is -0.137. The summed E-state index contributed by atoms with van der Waals surface area (Å²) in [5.41, 5.74) is 0.333. The van der Waals surface area contributed by atoms with E-state index in [2.05, 4.69) is 45.9 Å². The summed E-state index contributed by atoms with van der Waals surface area (Å²) >= 11 is 0. The largest absolute Gasteiger partial charge is 0.419 e. The lowest BCUT2D eigenvalue weighted by Gasteiger charge is -2.43. The van der Waals surface area contributed by atoms with Gasteiger partial charge >= 0.3 is 6.18 Å². The average molecular weight is 557 g/mol. The molecule has 2 aromatic heterocycles. The number of nitriles is 1. The molecule has 2 aliphatic rings. The third kappa shape index (κ3) is 6.13. The van der Waals surface area contributed by atoms with Gasteiger partial charge in [-0.1, -0.05) is 25.7 Å². The topological polar surface area (TPSA) is 79.0 Å². The van der Waals surface area contributed by atoms with Crippen LogP contribution in [0.25, 0.3) is 22.2 Å². The Morgan fingerprint density at radius 2 is 1.95 bits per heavy atom. The van der Waals surface area contributed by atoms with E-state index in [1.165, 1.54) is 12.8 Å². The van der Waals surface area contributed by atoms with Gasteiger partial charge in [-0.2, -0.15) is 18.4 Å². The van der Waals surface area contributed by atoms with Gasteiger partial charge < -0.3 is 14.6 Å². The summed E-state index contributed by atoms with van der Waals surface area (Å²) in [6.45, 7) is 9.64. The van der Waals surface area contributed by atoms with Crippen molar-refractivity contribution in [3.8, 4) is 17.3 Å². The van der Waals surface area contributed by atoms with Crippen LogP contribution in [0, 0.1) is 11.3 Å². The molecule has 1 saturated carbocycles. The third-order valence-electron chi connectivity index (χ3n) is 7.75. The Bertz CT molecular complexity index is 1370. The smallest absolute Gasteiger partial charge is 0.361 e. The molecular weight excluding hydrogens is 521 g/mol. The maximum Gasteiger partial charge on any atom is 0.419 e. The highest BCUT2D eigenvalue weighted by Gasteiger charge is 2.39. The predicted molar refractivity (Wildman–Crippen MR) is 148 cm³/mol. The molecule has 1 aliphatic heterocycles. The monoisotopic (exact) mass is 556 g/mol. The molecule has 0 bridgehead atoms. The fraction of sp³-hybridized carbons (Fsp3) is 0.536. The number of nitrogens with one attached hydrogen (secondary N) is 1. The van der Waals surface area contributed by atoms with Crippen molar-refractivity contribution in [1.82, 2.24) is 19.4 Å². The number of benzene rings is 1. The van der Waals surface area contributed by atoms with Crippen LogP contribution in [-0.4, -0.2) is 59.3 Å².